The minimum Gasteiger partial charge on any atom is -0.338 e. The van der Waals surface area contributed by atoms with Crippen molar-refractivity contribution in [3.63, 3.8) is 0 Å². The molecule has 0 saturated carbocycles. The molecule has 1 aliphatic heterocycles. The monoisotopic (exact) mass is 379 g/mol. The Kier molecular flexibility index (Phi) is 8.25. The van der Waals surface area contributed by atoms with E-state index in [4.69, 9.17) is 21.9 Å². The van der Waals surface area contributed by atoms with E-state index in [1.165, 1.54) is 5.56 Å². The van der Waals surface area contributed by atoms with Gasteiger partial charge in [-0.15, -0.1) is 24.8 Å². The molecule has 3 rings (SSSR count). The fraction of sp³-hybridized carbons (Fsp3) is 0.429. The van der Waals surface area contributed by atoms with E-state index in [9.17, 15) is 0 Å². The molecule has 1 unspecified atom stereocenters. The Morgan fingerprint density at radius 1 is 1.39 bits per heavy atom. The molecule has 1 saturated heterocycles. The zero-order valence-corrected chi connectivity index (χ0v) is 14.8. The number of nitrogens with zero attached hydrogens (tertiary/aromatic N) is 3. The predicted molar refractivity (Wildman–Crippen MR) is 94.2 cm³/mol. The van der Waals surface area contributed by atoms with Crippen LogP contribution in [0.4, 0.5) is 0 Å². The first-order valence-electron chi connectivity index (χ1n) is 6.98. The van der Waals surface area contributed by atoms with E-state index >= 15 is 0 Å². The van der Waals surface area contributed by atoms with Crippen molar-refractivity contribution in [3.8, 4) is 0 Å². The van der Waals surface area contributed by atoms with Crippen LogP contribution in [-0.4, -0.2) is 34.7 Å². The van der Waals surface area contributed by atoms with E-state index in [0.717, 1.165) is 24.7 Å². The Morgan fingerprint density at radius 3 is 2.91 bits per heavy atom. The summed E-state index contributed by atoms with van der Waals surface area (Å²) in [7, 11) is 0. The lowest BCUT2D eigenvalue weighted by Crippen LogP contribution is -2.45. The molecule has 1 aromatic carbocycles. The van der Waals surface area contributed by atoms with Crippen LogP contribution in [-0.2, 0) is 13.1 Å². The maximum atomic E-state index is 6.10. The summed E-state index contributed by atoms with van der Waals surface area (Å²) in [5.41, 5.74) is 6.69. The zero-order valence-electron chi connectivity index (χ0n) is 12.4. The zero-order chi connectivity index (χ0) is 14.7. The predicted octanol–water partition coefficient (Wildman–Crippen LogP) is 2.17. The van der Waals surface area contributed by atoms with E-state index in [1.54, 1.807) is 0 Å². The third-order valence-electron chi connectivity index (χ3n) is 3.62. The van der Waals surface area contributed by atoms with Crippen molar-refractivity contribution in [2.24, 2.45) is 5.73 Å². The number of halogens is 3. The SMILES string of the molecule is Cl.Cl.NCc1nc(CN2CCNCC2c2cccc(Cl)c2)no1. The second kappa shape index (κ2) is 9.42. The molecule has 0 spiro atoms. The van der Waals surface area contributed by atoms with Crippen molar-refractivity contribution in [1.82, 2.24) is 20.4 Å². The van der Waals surface area contributed by atoms with Crippen LogP contribution in [0.5, 0.6) is 0 Å². The van der Waals surface area contributed by atoms with Crippen molar-refractivity contribution in [3.05, 3.63) is 46.6 Å². The highest BCUT2D eigenvalue weighted by Crippen LogP contribution is 2.25. The second-order valence-electron chi connectivity index (χ2n) is 5.05. The summed E-state index contributed by atoms with van der Waals surface area (Å²) in [5.74, 6) is 1.14. The van der Waals surface area contributed by atoms with E-state index in [-0.39, 0.29) is 37.4 Å². The third-order valence-corrected chi connectivity index (χ3v) is 3.85. The molecule has 1 atom stereocenters. The molecule has 1 aromatic heterocycles. The van der Waals surface area contributed by atoms with Crippen molar-refractivity contribution in [2.75, 3.05) is 19.6 Å². The van der Waals surface area contributed by atoms with Crippen LogP contribution in [0.1, 0.15) is 23.3 Å². The molecule has 128 valence electrons. The van der Waals surface area contributed by atoms with Crippen molar-refractivity contribution < 1.29 is 4.52 Å². The van der Waals surface area contributed by atoms with Crippen molar-refractivity contribution >= 4 is 36.4 Å². The summed E-state index contributed by atoms with van der Waals surface area (Å²) in [6.45, 7) is 3.65. The van der Waals surface area contributed by atoms with Crippen LogP contribution in [0.25, 0.3) is 0 Å². The van der Waals surface area contributed by atoms with E-state index in [2.05, 4.69) is 26.4 Å². The lowest BCUT2D eigenvalue weighted by molar-refractivity contribution is 0.148. The molecule has 0 bridgehead atoms. The summed E-state index contributed by atoms with van der Waals surface area (Å²) in [6.07, 6.45) is 0. The van der Waals surface area contributed by atoms with Gasteiger partial charge < -0.3 is 15.6 Å². The number of hydrogen-bond donors (Lipinski definition) is 2. The van der Waals surface area contributed by atoms with Gasteiger partial charge in [-0.2, -0.15) is 4.98 Å². The largest absolute Gasteiger partial charge is 0.338 e. The number of aromatic nitrogens is 2. The van der Waals surface area contributed by atoms with E-state index in [0.29, 0.717) is 18.3 Å². The molecule has 23 heavy (non-hydrogen) atoms. The molecule has 0 amide bonds. The average molecular weight is 381 g/mol. The van der Waals surface area contributed by atoms with Crippen molar-refractivity contribution in [1.29, 1.82) is 0 Å². The molecule has 9 heteroatoms. The summed E-state index contributed by atoms with van der Waals surface area (Å²) < 4.78 is 5.07. The highest BCUT2D eigenvalue weighted by atomic mass is 35.5. The van der Waals surface area contributed by atoms with E-state index in [1.807, 2.05) is 18.2 Å². The van der Waals surface area contributed by atoms with Crippen LogP contribution < -0.4 is 11.1 Å². The second-order valence-corrected chi connectivity index (χ2v) is 5.49. The maximum absolute atomic E-state index is 6.10. The Balaban J connectivity index is 0.00000132. The van der Waals surface area contributed by atoms with Crippen LogP contribution in [0.15, 0.2) is 28.8 Å². The first-order valence-corrected chi connectivity index (χ1v) is 7.36. The van der Waals surface area contributed by atoms with Crippen LogP contribution in [0.3, 0.4) is 0 Å². The van der Waals surface area contributed by atoms with Gasteiger partial charge in [0.05, 0.1) is 13.1 Å². The number of nitrogens with two attached hydrogens (primary N) is 1. The van der Waals surface area contributed by atoms with Crippen LogP contribution in [0, 0.1) is 0 Å². The highest BCUT2D eigenvalue weighted by Gasteiger charge is 2.25. The van der Waals surface area contributed by atoms with Gasteiger partial charge in [-0.25, -0.2) is 0 Å². The molecule has 0 aliphatic carbocycles. The fourth-order valence-corrected chi connectivity index (χ4v) is 2.80. The molecule has 2 heterocycles. The van der Waals surface area contributed by atoms with Crippen LogP contribution >= 0.6 is 36.4 Å². The normalized spacial score (nSPS) is 18.1. The van der Waals surface area contributed by atoms with E-state index < -0.39 is 0 Å². The summed E-state index contributed by atoms with van der Waals surface area (Å²) >= 11 is 6.10. The molecule has 2 aromatic rings. The summed E-state index contributed by atoms with van der Waals surface area (Å²) in [6, 6.07) is 8.22. The summed E-state index contributed by atoms with van der Waals surface area (Å²) in [4.78, 5) is 6.60. The molecule has 3 N–H and O–H groups in total. The topological polar surface area (TPSA) is 80.2 Å². The number of piperazine rings is 1. The molecular formula is C14H20Cl3N5O. The smallest absolute Gasteiger partial charge is 0.240 e. The van der Waals surface area contributed by atoms with Gasteiger partial charge in [0.25, 0.3) is 0 Å². The van der Waals surface area contributed by atoms with Gasteiger partial charge in [0.2, 0.25) is 5.89 Å². The molecule has 6 nitrogen and oxygen atoms in total. The Labute approximate surface area is 152 Å². The van der Waals surface area contributed by atoms with Gasteiger partial charge in [0.15, 0.2) is 5.82 Å². The summed E-state index contributed by atoms with van der Waals surface area (Å²) in [5, 5.41) is 8.14. The fourth-order valence-electron chi connectivity index (χ4n) is 2.60. The van der Waals surface area contributed by atoms with Gasteiger partial charge in [0, 0.05) is 30.7 Å². The highest BCUT2D eigenvalue weighted by molar-refractivity contribution is 6.30. The molecular weight excluding hydrogens is 361 g/mol. The van der Waals surface area contributed by atoms with Gasteiger partial charge in [0.1, 0.15) is 0 Å². The number of hydrogen-bond acceptors (Lipinski definition) is 6. The number of rotatable bonds is 4. The molecule has 1 aliphatic rings. The third kappa shape index (κ3) is 5.04. The van der Waals surface area contributed by atoms with Crippen LogP contribution in [0.2, 0.25) is 5.02 Å². The van der Waals surface area contributed by atoms with Gasteiger partial charge in [-0.1, -0.05) is 28.9 Å². The minimum absolute atomic E-state index is 0. The quantitative estimate of drug-likeness (QED) is 0.846. The van der Waals surface area contributed by atoms with Gasteiger partial charge in [-0.3, -0.25) is 4.90 Å². The Morgan fingerprint density at radius 2 is 2.22 bits per heavy atom. The molecule has 1 fully saturated rings. The lowest BCUT2D eigenvalue weighted by Gasteiger charge is -2.35. The molecule has 0 radical (unpaired) electrons. The maximum Gasteiger partial charge on any atom is 0.240 e. The standard InChI is InChI=1S/C14H18ClN5O.2ClH/c15-11-3-1-2-10(6-11)12-8-17-4-5-20(12)9-13-18-14(7-16)21-19-13;;/h1-3,6,12,17H,4-5,7-9,16H2;2*1H. The number of nitrogens with one attached hydrogen (secondary N) is 1. The lowest BCUT2D eigenvalue weighted by atomic mass is 10.0. The van der Waals surface area contributed by atoms with Crippen molar-refractivity contribution in [2.45, 2.75) is 19.1 Å². The minimum atomic E-state index is 0. The number of benzene rings is 1. The Bertz CT molecular complexity index is 610. The Hall–Kier alpha value is -0.890. The van der Waals surface area contributed by atoms with Gasteiger partial charge in [-0.05, 0) is 17.7 Å². The van der Waals surface area contributed by atoms with Gasteiger partial charge >= 0.3 is 0 Å². The average Bonchev–Trinajstić information content (AvgIpc) is 2.95. The first kappa shape index (κ1) is 20.2. The first-order chi connectivity index (χ1) is 10.3.